The van der Waals surface area contributed by atoms with Gasteiger partial charge in [0.25, 0.3) is 0 Å². The van der Waals surface area contributed by atoms with E-state index in [0.29, 0.717) is 17.3 Å². The zero-order chi connectivity index (χ0) is 21.1. The van der Waals surface area contributed by atoms with Gasteiger partial charge < -0.3 is 5.32 Å². The number of nitrogens with zero attached hydrogens (tertiary/aromatic N) is 5. The van der Waals surface area contributed by atoms with Gasteiger partial charge in [0, 0.05) is 36.3 Å². The molecule has 152 valence electrons. The molecule has 7 nitrogen and oxygen atoms in total. The molecule has 4 aromatic rings. The first-order chi connectivity index (χ1) is 14.5. The number of halogens is 1. The van der Waals surface area contributed by atoms with Crippen LogP contribution in [0.5, 0.6) is 0 Å². The third kappa shape index (κ3) is 4.11. The molecule has 8 heteroatoms. The fourth-order valence-corrected chi connectivity index (χ4v) is 3.35. The Balaban J connectivity index is 1.56. The number of hydrogen-bond acceptors (Lipinski definition) is 4. The molecule has 0 aliphatic heterocycles. The fourth-order valence-electron chi connectivity index (χ4n) is 3.22. The maximum absolute atomic E-state index is 12.5. The van der Waals surface area contributed by atoms with Gasteiger partial charge in [-0.05, 0) is 38.1 Å². The van der Waals surface area contributed by atoms with E-state index >= 15 is 0 Å². The highest BCUT2D eigenvalue weighted by molar-refractivity contribution is 6.31. The van der Waals surface area contributed by atoms with Crippen LogP contribution in [0.15, 0.2) is 61.1 Å². The second kappa shape index (κ2) is 8.51. The third-order valence-corrected chi connectivity index (χ3v) is 5.37. The van der Waals surface area contributed by atoms with Gasteiger partial charge in [-0.3, -0.25) is 14.5 Å². The smallest absolute Gasteiger partial charge is 0.242 e. The van der Waals surface area contributed by atoms with Crippen molar-refractivity contribution >= 4 is 17.5 Å². The Kier molecular flexibility index (Phi) is 5.63. The highest BCUT2D eigenvalue weighted by Gasteiger charge is 2.15. The van der Waals surface area contributed by atoms with Crippen LogP contribution in [0.4, 0.5) is 0 Å². The van der Waals surface area contributed by atoms with E-state index < -0.39 is 0 Å². The van der Waals surface area contributed by atoms with Crippen molar-refractivity contribution in [3.05, 3.63) is 83.0 Å². The molecule has 3 aromatic heterocycles. The topological polar surface area (TPSA) is 77.6 Å². The molecule has 1 aromatic carbocycles. The van der Waals surface area contributed by atoms with E-state index in [1.165, 1.54) is 0 Å². The van der Waals surface area contributed by atoms with Crippen LogP contribution in [-0.4, -0.2) is 30.5 Å². The van der Waals surface area contributed by atoms with E-state index in [1.54, 1.807) is 17.1 Å². The largest absolute Gasteiger partial charge is 0.350 e. The van der Waals surface area contributed by atoms with Crippen LogP contribution in [0.2, 0.25) is 5.02 Å². The molecular weight excluding hydrogens is 400 g/mol. The minimum atomic E-state index is -0.148. The van der Waals surface area contributed by atoms with Gasteiger partial charge in [-0.15, -0.1) is 0 Å². The summed E-state index contributed by atoms with van der Waals surface area (Å²) in [6, 6.07) is 13.7. The summed E-state index contributed by atoms with van der Waals surface area (Å²) < 4.78 is 3.43. The summed E-state index contributed by atoms with van der Waals surface area (Å²) in [7, 11) is 0. The average Bonchev–Trinajstić information content (AvgIpc) is 3.31. The van der Waals surface area contributed by atoms with Gasteiger partial charge in [0.15, 0.2) is 0 Å². The highest BCUT2D eigenvalue weighted by atomic mass is 35.5. The van der Waals surface area contributed by atoms with E-state index in [1.807, 2.05) is 67.2 Å². The molecule has 3 heterocycles. The molecule has 0 saturated carbocycles. The summed E-state index contributed by atoms with van der Waals surface area (Å²) in [6.45, 7) is 4.12. The number of carbonyl (C=O) groups is 1. The molecular formula is C22H21ClN6O. The van der Waals surface area contributed by atoms with Crippen molar-refractivity contribution in [3.8, 4) is 16.9 Å². The predicted octanol–water partition coefficient (Wildman–Crippen LogP) is 3.72. The van der Waals surface area contributed by atoms with Crippen LogP contribution in [0, 0.1) is 13.8 Å². The lowest BCUT2D eigenvalue weighted by Gasteiger charge is -2.07. The predicted molar refractivity (Wildman–Crippen MR) is 115 cm³/mol. The molecule has 1 amide bonds. The van der Waals surface area contributed by atoms with E-state index in [4.69, 9.17) is 16.7 Å². The van der Waals surface area contributed by atoms with Crippen molar-refractivity contribution in [2.45, 2.75) is 26.9 Å². The second-order valence-corrected chi connectivity index (χ2v) is 7.32. The van der Waals surface area contributed by atoms with E-state index in [9.17, 15) is 4.79 Å². The molecule has 0 fully saturated rings. The monoisotopic (exact) mass is 420 g/mol. The summed E-state index contributed by atoms with van der Waals surface area (Å²) >= 11 is 6.17. The summed E-state index contributed by atoms with van der Waals surface area (Å²) in [5, 5.41) is 12.6. The van der Waals surface area contributed by atoms with Gasteiger partial charge in [-0.1, -0.05) is 29.8 Å². The quantitative estimate of drug-likeness (QED) is 0.515. The van der Waals surface area contributed by atoms with Gasteiger partial charge in [0.2, 0.25) is 5.91 Å². The van der Waals surface area contributed by atoms with Crippen molar-refractivity contribution in [1.29, 1.82) is 0 Å². The van der Waals surface area contributed by atoms with Crippen LogP contribution in [0.3, 0.4) is 0 Å². The van der Waals surface area contributed by atoms with E-state index in [-0.39, 0.29) is 12.5 Å². The van der Waals surface area contributed by atoms with Crippen LogP contribution in [0.1, 0.15) is 17.0 Å². The minimum absolute atomic E-state index is 0.108. The molecule has 0 aliphatic rings. The van der Waals surface area contributed by atoms with Crippen LogP contribution < -0.4 is 5.32 Å². The number of hydrogen-bond donors (Lipinski definition) is 1. The van der Waals surface area contributed by atoms with Crippen molar-refractivity contribution in [3.63, 3.8) is 0 Å². The van der Waals surface area contributed by atoms with Crippen LogP contribution >= 0.6 is 11.6 Å². The van der Waals surface area contributed by atoms with Crippen LogP contribution in [-0.2, 0) is 17.9 Å². The number of aryl methyl sites for hydroxylation is 1. The van der Waals surface area contributed by atoms with Crippen molar-refractivity contribution in [1.82, 2.24) is 29.9 Å². The average molecular weight is 421 g/mol. The fraction of sp³-hybridized carbons (Fsp3) is 0.182. The number of amides is 1. The second-order valence-electron chi connectivity index (χ2n) is 6.94. The van der Waals surface area contributed by atoms with Gasteiger partial charge in [0.1, 0.15) is 6.54 Å². The Morgan fingerprint density at radius 2 is 1.80 bits per heavy atom. The molecule has 0 spiro atoms. The number of nitrogens with one attached hydrogen (secondary N) is 1. The molecule has 1 N–H and O–H groups in total. The zero-order valence-corrected chi connectivity index (χ0v) is 17.5. The molecule has 0 aliphatic carbocycles. The van der Waals surface area contributed by atoms with Crippen molar-refractivity contribution in [2.75, 3.05) is 0 Å². The first-order valence-electron chi connectivity index (χ1n) is 9.53. The number of pyridine rings is 1. The zero-order valence-electron chi connectivity index (χ0n) is 16.7. The Hall–Kier alpha value is -3.45. The Morgan fingerprint density at radius 1 is 1.07 bits per heavy atom. The van der Waals surface area contributed by atoms with Gasteiger partial charge in [0.05, 0.1) is 27.8 Å². The summed E-state index contributed by atoms with van der Waals surface area (Å²) in [6.07, 6.45) is 5.39. The lowest BCUT2D eigenvalue weighted by Crippen LogP contribution is -2.28. The number of benzene rings is 1. The highest BCUT2D eigenvalue weighted by Crippen LogP contribution is 2.23. The first kappa shape index (κ1) is 19.8. The molecule has 4 rings (SSSR count). The summed E-state index contributed by atoms with van der Waals surface area (Å²) in [5.74, 6) is -0.148. The molecule has 0 unspecified atom stereocenters. The van der Waals surface area contributed by atoms with Crippen LogP contribution in [0.25, 0.3) is 16.9 Å². The number of aromatic nitrogens is 5. The van der Waals surface area contributed by atoms with E-state index in [2.05, 4.69) is 15.4 Å². The normalized spacial score (nSPS) is 10.9. The maximum atomic E-state index is 12.5. The molecule has 0 radical (unpaired) electrons. The molecule has 0 bridgehead atoms. The lowest BCUT2D eigenvalue weighted by molar-refractivity contribution is -0.122. The Labute approximate surface area is 179 Å². The standard InChI is InChI=1S/C22H21ClN6O/c1-15-21(23)16(2)28(26-15)14-20(30)25-12-18-13-29(19-6-4-3-5-7-19)27-22(18)17-8-10-24-11-9-17/h3-11,13H,12,14H2,1-2H3,(H,25,30). The summed E-state index contributed by atoms with van der Waals surface area (Å²) in [4.78, 5) is 16.6. The number of rotatable bonds is 6. The third-order valence-electron chi connectivity index (χ3n) is 4.83. The lowest BCUT2D eigenvalue weighted by atomic mass is 10.1. The maximum Gasteiger partial charge on any atom is 0.242 e. The Bertz CT molecular complexity index is 1170. The Morgan fingerprint density at radius 3 is 2.47 bits per heavy atom. The van der Waals surface area contributed by atoms with E-state index in [0.717, 1.165) is 28.2 Å². The number of para-hydroxylation sites is 1. The van der Waals surface area contributed by atoms with Crippen molar-refractivity contribution in [2.24, 2.45) is 0 Å². The molecule has 0 saturated heterocycles. The van der Waals surface area contributed by atoms with Gasteiger partial charge in [-0.25, -0.2) is 4.68 Å². The van der Waals surface area contributed by atoms with Gasteiger partial charge >= 0.3 is 0 Å². The molecule has 0 atom stereocenters. The SMILES string of the molecule is Cc1nn(CC(=O)NCc2cn(-c3ccccc3)nc2-c2ccncc2)c(C)c1Cl. The summed E-state index contributed by atoms with van der Waals surface area (Å²) in [5.41, 5.74) is 5.09. The minimum Gasteiger partial charge on any atom is -0.350 e. The molecule has 30 heavy (non-hydrogen) atoms. The van der Waals surface area contributed by atoms with Crippen molar-refractivity contribution < 1.29 is 4.79 Å². The van der Waals surface area contributed by atoms with Gasteiger partial charge in [-0.2, -0.15) is 10.2 Å². The number of carbonyl (C=O) groups excluding carboxylic acids is 1. The first-order valence-corrected chi connectivity index (χ1v) is 9.91.